The van der Waals surface area contributed by atoms with Gasteiger partial charge in [0, 0.05) is 12.3 Å². The predicted molar refractivity (Wildman–Crippen MR) is 108 cm³/mol. The summed E-state index contributed by atoms with van der Waals surface area (Å²) in [7, 11) is 0. The van der Waals surface area contributed by atoms with Crippen molar-refractivity contribution in [2.75, 3.05) is 30.0 Å². The lowest BCUT2D eigenvalue weighted by molar-refractivity contribution is -0.125. The van der Waals surface area contributed by atoms with E-state index in [4.69, 9.17) is 14.2 Å². The molecule has 7 heteroatoms. The molecule has 0 radical (unpaired) electrons. The molecule has 2 amide bonds. The van der Waals surface area contributed by atoms with Crippen LogP contribution in [0.4, 0.5) is 11.4 Å². The van der Waals surface area contributed by atoms with E-state index in [-0.39, 0.29) is 11.8 Å². The Bertz CT molecular complexity index is 880. The minimum Gasteiger partial charge on any atom is -0.492 e. The van der Waals surface area contributed by atoms with E-state index in [2.05, 4.69) is 5.32 Å². The van der Waals surface area contributed by atoms with Crippen LogP contribution in [-0.2, 0) is 14.3 Å². The molecule has 2 unspecified atom stereocenters. The summed E-state index contributed by atoms with van der Waals surface area (Å²) in [6, 6.07) is 14.8. The number of amides is 2. The largest absolute Gasteiger partial charge is 0.492 e. The maximum atomic E-state index is 12.7. The Labute approximate surface area is 169 Å². The fourth-order valence-electron chi connectivity index (χ4n) is 3.49. The summed E-state index contributed by atoms with van der Waals surface area (Å²) in [6.07, 6.45) is 0.613. The first-order chi connectivity index (χ1) is 14.1. The third kappa shape index (κ3) is 4.35. The van der Waals surface area contributed by atoms with Crippen molar-refractivity contribution in [3.63, 3.8) is 0 Å². The summed E-state index contributed by atoms with van der Waals surface area (Å²) in [5, 5.41) is 2.87. The van der Waals surface area contributed by atoms with Crippen LogP contribution in [-0.4, -0.2) is 43.8 Å². The van der Waals surface area contributed by atoms with Gasteiger partial charge in [0.1, 0.15) is 24.2 Å². The predicted octanol–water partition coefficient (Wildman–Crippen LogP) is 3.00. The number of carbonyl (C=O) groups excluding carboxylic acids is 2. The summed E-state index contributed by atoms with van der Waals surface area (Å²) in [5.74, 6) is 1.04. The number of rotatable bonds is 6. The van der Waals surface area contributed by atoms with Crippen molar-refractivity contribution in [2.24, 2.45) is 0 Å². The molecule has 1 fully saturated rings. The molecule has 1 saturated heterocycles. The van der Waals surface area contributed by atoms with Crippen molar-refractivity contribution in [1.82, 2.24) is 0 Å². The highest BCUT2D eigenvalue weighted by molar-refractivity contribution is 6.01. The zero-order chi connectivity index (χ0) is 20.2. The molecule has 152 valence electrons. The molecule has 2 aromatic rings. The van der Waals surface area contributed by atoms with Gasteiger partial charge in [-0.15, -0.1) is 0 Å². The van der Waals surface area contributed by atoms with Crippen LogP contribution in [0.5, 0.6) is 11.5 Å². The summed E-state index contributed by atoms with van der Waals surface area (Å²) in [4.78, 5) is 26.7. The molecule has 0 aromatic heterocycles. The lowest BCUT2D eigenvalue weighted by Crippen LogP contribution is -2.46. The van der Waals surface area contributed by atoms with E-state index >= 15 is 0 Å². The summed E-state index contributed by atoms with van der Waals surface area (Å²) in [6.45, 7) is 3.05. The van der Waals surface area contributed by atoms with Crippen molar-refractivity contribution in [2.45, 2.75) is 32.0 Å². The van der Waals surface area contributed by atoms with E-state index in [1.165, 1.54) is 0 Å². The number of anilines is 2. The number of nitrogens with one attached hydrogen (secondary N) is 1. The lowest BCUT2D eigenvalue weighted by atomic mass is 10.1. The van der Waals surface area contributed by atoms with Gasteiger partial charge in [0.05, 0.1) is 12.2 Å². The maximum absolute atomic E-state index is 12.7. The molecule has 2 aliphatic heterocycles. The first-order valence-electron chi connectivity index (χ1n) is 9.84. The number of carbonyl (C=O) groups is 2. The number of nitrogens with zero attached hydrogens (tertiary/aromatic N) is 1. The van der Waals surface area contributed by atoms with E-state index in [1.807, 2.05) is 30.3 Å². The van der Waals surface area contributed by atoms with Crippen LogP contribution in [0.2, 0.25) is 0 Å². The molecule has 2 aromatic carbocycles. The smallest absolute Gasteiger partial charge is 0.267 e. The average molecular weight is 396 g/mol. The highest BCUT2D eigenvalue weighted by Crippen LogP contribution is 2.36. The maximum Gasteiger partial charge on any atom is 0.267 e. The second-order valence-corrected chi connectivity index (χ2v) is 7.08. The fraction of sp³-hybridized carbons (Fsp3) is 0.364. The van der Waals surface area contributed by atoms with Crippen molar-refractivity contribution in [3.05, 3.63) is 48.5 Å². The van der Waals surface area contributed by atoms with E-state index < -0.39 is 12.2 Å². The first-order valence-corrected chi connectivity index (χ1v) is 9.84. The monoisotopic (exact) mass is 396 g/mol. The van der Waals surface area contributed by atoms with Gasteiger partial charge in [-0.25, -0.2) is 0 Å². The average Bonchev–Trinajstić information content (AvgIpc) is 3.27. The molecule has 7 nitrogen and oxygen atoms in total. The third-order valence-electron chi connectivity index (χ3n) is 4.98. The van der Waals surface area contributed by atoms with Gasteiger partial charge in [-0.05, 0) is 50.1 Å². The first kappa shape index (κ1) is 19.3. The molecular weight excluding hydrogens is 372 g/mol. The van der Waals surface area contributed by atoms with E-state index in [9.17, 15) is 9.59 Å². The Balaban J connectivity index is 1.48. The highest BCUT2D eigenvalue weighted by Gasteiger charge is 2.32. The van der Waals surface area contributed by atoms with Gasteiger partial charge in [-0.2, -0.15) is 0 Å². The van der Waals surface area contributed by atoms with Crippen LogP contribution in [0, 0.1) is 0 Å². The summed E-state index contributed by atoms with van der Waals surface area (Å²) >= 11 is 0. The lowest BCUT2D eigenvalue weighted by Gasteiger charge is -2.33. The molecule has 1 N–H and O–H groups in total. The zero-order valence-corrected chi connectivity index (χ0v) is 16.3. The zero-order valence-electron chi connectivity index (χ0n) is 16.3. The second kappa shape index (κ2) is 8.53. The summed E-state index contributed by atoms with van der Waals surface area (Å²) < 4.78 is 16.9. The number of benzene rings is 2. The van der Waals surface area contributed by atoms with Gasteiger partial charge in [-0.3, -0.25) is 9.59 Å². The Morgan fingerprint density at radius 1 is 1.24 bits per heavy atom. The second-order valence-electron chi connectivity index (χ2n) is 7.08. The van der Waals surface area contributed by atoms with Crippen molar-refractivity contribution in [3.8, 4) is 11.5 Å². The number of hydrogen-bond acceptors (Lipinski definition) is 5. The van der Waals surface area contributed by atoms with Crippen LogP contribution in [0.15, 0.2) is 48.5 Å². The molecule has 2 heterocycles. The third-order valence-corrected chi connectivity index (χ3v) is 4.98. The molecule has 0 saturated carbocycles. The van der Waals surface area contributed by atoms with Crippen LogP contribution in [0.3, 0.4) is 0 Å². The van der Waals surface area contributed by atoms with Crippen molar-refractivity contribution < 1.29 is 23.8 Å². The minimum absolute atomic E-state index is 0.142. The quantitative estimate of drug-likeness (QED) is 0.812. The fourth-order valence-corrected chi connectivity index (χ4v) is 3.49. The molecule has 0 spiro atoms. The van der Waals surface area contributed by atoms with Gasteiger partial charge >= 0.3 is 0 Å². The van der Waals surface area contributed by atoms with Crippen LogP contribution in [0.25, 0.3) is 0 Å². The van der Waals surface area contributed by atoms with Crippen LogP contribution in [0.1, 0.15) is 19.8 Å². The number of ether oxygens (including phenoxy) is 3. The van der Waals surface area contributed by atoms with Gasteiger partial charge in [-0.1, -0.05) is 18.2 Å². The Kier molecular flexibility index (Phi) is 5.67. The molecule has 4 rings (SSSR count). The van der Waals surface area contributed by atoms with Gasteiger partial charge in [0.2, 0.25) is 0 Å². The van der Waals surface area contributed by atoms with E-state index in [0.29, 0.717) is 36.9 Å². The standard InChI is InChI=1S/C22H24N2O5/c1-15-22(26)24(11-13-27-17-6-3-2-4-7-17)18-14-16(9-10-19(18)29-15)23-21(25)20-8-5-12-28-20/h2-4,6-7,9-10,14-15,20H,5,8,11-13H2,1H3,(H,23,25). The Morgan fingerprint density at radius 2 is 2.07 bits per heavy atom. The Hall–Kier alpha value is -3.06. The SMILES string of the molecule is CC1Oc2ccc(NC(=O)C3CCCO3)cc2N(CCOc2ccccc2)C1=O. The molecule has 2 atom stereocenters. The molecule has 29 heavy (non-hydrogen) atoms. The van der Waals surface area contributed by atoms with Crippen molar-refractivity contribution >= 4 is 23.2 Å². The highest BCUT2D eigenvalue weighted by atomic mass is 16.5. The van der Waals surface area contributed by atoms with E-state index in [0.717, 1.165) is 18.6 Å². The number of hydrogen-bond donors (Lipinski definition) is 1. The molecule has 0 aliphatic carbocycles. The minimum atomic E-state index is -0.577. The normalized spacial score (nSPS) is 20.7. The number of para-hydroxylation sites is 1. The van der Waals surface area contributed by atoms with Crippen molar-refractivity contribution in [1.29, 1.82) is 0 Å². The van der Waals surface area contributed by atoms with Crippen LogP contribution >= 0.6 is 0 Å². The van der Waals surface area contributed by atoms with Gasteiger partial charge in [0.25, 0.3) is 11.8 Å². The molecule has 2 aliphatic rings. The Morgan fingerprint density at radius 3 is 2.83 bits per heavy atom. The van der Waals surface area contributed by atoms with E-state index in [1.54, 1.807) is 30.0 Å². The molecule has 0 bridgehead atoms. The van der Waals surface area contributed by atoms with Crippen LogP contribution < -0.4 is 19.7 Å². The van der Waals surface area contributed by atoms with Gasteiger partial charge in [0.15, 0.2) is 6.10 Å². The number of fused-ring (bicyclic) bond motifs is 1. The van der Waals surface area contributed by atoms with Gasteiger partial charge < -0.3 is 24.4 Å². The topological polar surface area (TPSA) is 77.1 Å². The molecular formula is C22H24N2O5. The summed E-state index contributed by atoms with van der Waals surface area (Å²) in [5.41, 5.74) is 1.22.